The predicted molar refractivity (Wildman–Crippen MR) is 61.4 cm³/mol. The van der Waals surface area contributed by atoms with Crippen LogP contribution in [0.25, 0.3) is 5.69 Å². The number of phenols is 1. The molecule has 0 spiro atoms. The van der Waals surface area contributed by atoms with E-state index < -0.39 is 0 Å². The molecule has 0 aliphatic carbocycles. The molecule has 5 nitrogen and oxygen atoms in total. The first kappa shape index (κ1) is 10.2. The standard InChI is InChI=1S/C12H12N2O3/c15-9-3-1-2-8(6-9)14-12(16)10-4-5-17-7-11(10)13-14/h1-3,6,13,15H,4-5,7H2. The summed E-state index contributed by atoms with van der Waals surface area (Å²) in [5.41, 5.74) is 2.17. The maximum absolute atomic E-state index is 12.1. The highest BCUT2D eigenvalue weighted by Gasteiger charge is 2.18. The summed E-state index contributed by atoms with van der Waals surface area (Å²) < 4.78 is 6.73. The van der Waals surface area contributed by atoms with E-state index in [9.17, 15) is 9.90 Å². The smallest absolute Gasteiger partial charge is 0.274 e. The molecular weight excluding hydrogens is 220 g/mol. The number of phenolic OH excluding ortho intramolecular Hbond substituents is 1. The molecular formula is C12H12N2O3. The van der Waals surface area contributed by atoms with Crippen LogP contribution in [0.3, 0.4) is 0 Å². The summed E-state index contributed by atoms with van der Waals surface area (Å²) in [6.45, 7) is 1.02. The highest BCUT2D eigenvalue weighted by Crippen LogP contribution is 2.16. The highest BCUT2D eigenvalue weighted by molar-refractivity contribution is 5.39. The molecule has 0 fully saturated rings. The topological polar surface area (TPSA) is 67.2 Å². The van der Waals surface area contributed by atoms with Gasteiger partial charge in [0.05, 0.1) is 24.6 Å². The number of benzene rings is 1. The zero-order chi connectivity index (χ0) is 11.8. The highest BCUT2D eigenvalue weighted by atomic mass is 16.5. The molecule has 0 saturated heterocycles. The summed E-state index contributed by atoms with van der Waals surface area (Å²) in [5.74, 6) is 0.137. The largest absolute Gasteiger partial charge is 0.508 e. The van der Waals surface area contributed by atoms with Crippen LogP contribution in [-0.4, -0.2) is 21.5 Å². The second-order valence-corrected chi connectivity index (χ2v) is 4.03. The zero-order valence-corrected chi connectivity index (χ0v) is 9.14. The first-order valence-corrected chi connectivity index (χ1v) is 5.45. The van der Waals surface area contributed by atoms with Crippen LogP contribution in [-0.2, 0) is 17.8 Å². The van der Waals surface area contributed by atoms with Crippen LogP contribution in [0.1, 0.15) is 11.3 Å². The number of nitrogens with zero attached hydrogens (tertiary/aromatic N) is 1. The van der Waals surface area contributed by atoms with Gasteiger partial charge in [0.25, 0.3) is 5.56 Å². The minimum Gasteiger partial charge on any atom is -0.508 e. The molecule has 1 aromatic carbocycles. The molecule has 0 bridgehead atoms. The third-order valence-electron chi connectivity index (χ3n) is 2.90. The number of hydrogen-bond donors (Lipinski definition) is 2. The fraction of sp³-hybridized carbons (Fsp3) is 0.250. The van der Waals surface area contributed by atoms with Crippen molar-refractivity contribution in [2.24, 2.45) is 0 Å². The molecule has 0 atom stereocenters. The average Bonchev–Trinajstić information content (AvgIpc) is 2.68. The first-order valence-electron chi connectivity index (χ1n) is 5.45. The van der Waals surface area contributed by atoms with Gasteiger partial charge in [-0.3, -0.25) is 9.89 Å². The van der Waals surface area contributed by atoms with Gasteiger partial charge in [-0.25, -0.2) is 4.68 Å². The van der Waals surface area contributed by atoms with Gasteiger partial charge in [0.1, 0.15) is 5.75 Å². The third kappa shape index (κ3) is 1.64. The monoisotopic (exact) mass is 232 g/mol. The lowest BCUT2D eigenvalue weighted by atomic mass is 10.1. The fourth-order valence-corrected chi connectivity index (χ4v) is 2.06. The Hall–Kier alpha value is -2.01. The molecule has 1 aliphatic rings. The Balaban J connectivity index is 2.16. The van der Waals surface area contributed by atoms with Crippen LogP contribution in [0.2, 0.25) is 0 Å². The van der Waals surface area contributed by atoms with E-state index in [1.165, 1.54) is 4.68 Å². The predicted octanol–water partition coefficient (Wildman–Crippen LogP) is 0.944. The molecule has 0 unspecified atom stereocenters. The summed E-state index contributed by atoms with van der Waals surface area (Å²) >= 11 is 0. The van der Waals surface area contributed by atoms with E-state index in [0.29, 0.717) is 25.3 Å². The van der Waals surface area contributed by atoms with E-state index >= 15 is 0 Å². The Morgan fingerprint density at radius 1 is 1.41 bits per heavy atom. The molecule has 88 valence electrons. The summed E-state index contributed by atoms with van der Waals surface area (Å²) in [6.07, 6.45) is 0.635. The lowest BCUT2D eigenvalue weighted by molar-refractivity contribution is 0.108. The zero-order valence-electron chi connectivity index (χ0n) is 9.14. The molecule has 3 rings (SSSR count). The number of aromatic nitrogens is 2. The van der Waals surface area contributed by atoms with Crippen LogP contribution in [0.15, 0.2) is 29.1 Å². The SMILES string of the molecule is O=c1c2c([nH]n1-c1cccc(O)c1)COCC2. The van der Waals surface area contributed by atoms with E-state index in [1.807, 2.05) is 0 Å². The summed E-state index contributed by atoms with van der Waals surface area (Å²) in [7, 11) is 0. The van der Waals surface area contributed by atoms with Gasteiger partial charge in [-0.05, 0) is 12.1 Å². The van der Waals surface area contributed by atoms with Gasteiger partial charge in [0.2, 0.25) is 0 Å². The van der Waals surface area contributed by atoms with Crippen molar-refractivity contribution in [3.05, 3.63) is 45.9 Å². The lowest BCUT2D eigenvalue weighted by Gasteiger charge is -2.08. The normalized spacial score (nSPS) is 14.6. The van der Waals surface area contributed by atoms with E-state index in [4.69, 9.17) is 4.74 Å². The van der Waals surface area contributed by atoms with Crippen LogP contribution in [0.5, 0.6) is 5.75 Å². The number of hydrogen-bond acceptors (Lipinski definition) is 3. The lowest BCUT2D eigenvalue weighted by Crippen LogP contribution is -2.19. The van der Waals surface area contributed by atoms with E-state index in [0.717, 1.165) is 11.3 Å². The van der Waals surface area contributed by atoms with E-state index in [-0.39, 0.29) is 11.3 Å². The maximum Gasteiger partial charge on any atom is 0.274 e. The van der Waals surface area contributed by atoms with Crippen molar-refractivity contribution in [1.82, 2.24) is 9.78 Å². The maximum atomic E-state index is 12.1. The van der Waals surface area contributed by atoms with E-state index in [2.05, 4.69) is 5.10 Å². The summed E-state index contributed by atoms with van der Waals surface area (Å²) in [6, 6.07) is 6.59. The van der Waals surface area contributed by atoms with Gasteiger partial charge >= 0.3 is 0 Å². The van der Waals surface area contributed by atoms with Crippen molar-refractivity contribution in [1.29, 1.82) is 0 Å². The molecule has 1 aliphatic heterocycles. The second-order valence-electron chi connectivity index (χ2n) is 4.03. The molecule has 0 radical (unpaired) electrons. The molecule has 2 heterocycles. The Bertz CT molecular complexity index is 612. The number of aromatic hydroxyl groups is 1. The number of nitrogens with one attached hydrogen (secondary N) is 1. The third-order valence-corrected chi connectivity index (χ3v) is 2.90. The van der Waals surface area contributed by atoms with Crippen molar-refractivity contribution in [3.8, 4) is 11.4 Å². The molecule has 5 heteroatoms. The van der Waals surface area contributed by atoms with Gasteiger partial charge in [-0.15, -0.1) is 0 Å². The van der Waals surface area contributed by atoms with Crippen LogP contribution in [0.4, 0.5) is 0 Å². The number of rotatable bonds is 1. The van der Waals surface area contributed by atoms with Gasteiger partial charge in [0, 0.05) is 18.1 Å². The average molecular weight is 232 g/mol. The van der Waals surface area contributed by atoms with Crippen molar-refractivity contribution >= 4 is 0 Å². The van der Waals surface area contributed by atoms with Crippen molar-refractivity contribution < 1.29 is 9.84 Å². The van der Waals surface area contributed by atoms with Crippen LogP contribution in [0, 0.1) is 0 Å². The van der Waals surface area contributed by atoms with Gasteiger partial charge in [-0.2, -0.15) is 0 Å². The first-order chi connectivity index (χ1) is 8.25. The minimum absolute atomic E-state index is 0.0612. The molecule has 0 amide bonds. The number of H-pyrrole nitrogens is 1. The summed E-state index contributed by atoms with van der Waals surface area (Å²) in [5, 5.41) is 12.4. The molecule has 0 saturated carbocycles. The Labute approximate surface area is 97.3 Å². The number of fused-ring (bicyclic) bond motifs is 1. The van der Waals surface area contributed by atoms with Crippen LogP contribution >= 0.6 is 0 Å². The minimum atomic E-state index is -0.0612. The quantitative estimate of drug-likeness (QED) is 0.769. The molecule has 2 aromatic rings. The Morgan fingerprint density at radius 3 is 3.06 bits per heavy atom. The number of aromatic amines is 1. The van der Waals surface area contributed by atoms with Crippen molar-refractivity contribution in [2.45, 2.75) is 13.0 Å². The van der Waals surface area contributed by atoms with Crippen molar-refractivity contribution in [3.63, 3.8) is 0 Å². The second kappa shape index (κ2) is 3.78. The summed E-state index contributed by atoms with van der Waals surface area (Å²) in [4.78, 5) is 12.1. The molecule has 2 N–H and O–H groups in total. The Kier molecular flexibility index (Phi) is 2.26. The molecule has 17 heavy (non-hydrogen) atoms. The fourth-order valence-electron chi connectivity index (χ4n) is 2.06. The number of ether oxygens (including phenoxy) is 1. The Morgan fingerprint density at radius 2 is 2.29 bits per heavy atom. The van der Waals surface area contributed by atoms with Crippen LogP contribution < -0.4 is 5.56 Å². The van der Waals surface area contributed by atoms with Gasteiger partial charge in [-0.1, -0.05) is 6.07 Å². The van der Waals surface area contributed by atoms with Crippen molar-refractivity contribution in [2.75, 3.05) is 6.61 Å². The van der Waals surface area contributed by atoms with Gasteiger partial charge < -0.3 is 9.84 Å². The van der Waals surface area contributed by atoms with E-state index in [1.54, 1.807) is 24.3 Å². The molecule has 1 aromatic heterocycles. The van der Waals surface area contributed by atoms with Gasteiger partial charge in [0.15, 0.2) is 0 Å².